The van der Waals surface area contributed by atoms with Crippen LogP contribution in [0.15, 0.2) is 12.2 Å². The van der Waals surface area contributed by atoms with Gasteiger partial charge in [-0.15, -0.1) is 0 Å². The molecule has 2 atom stereocenters. The van der Waals surface area contributed by atoms with Gasteiger partial charge in [0.1, 0.15) is 0 Å². The molecule has 0 saturated heterocycles. The Labute approximate surface area is 59.0 Å². The smallest absolute Gasteiger partial charge is 0.0236 e. The Bertz CT molecular complexity index is 82.0. The van der Waals surface area contributed by atoms with Gasteiger partial charge in [0.25, 0.3) is 0 Å². The van der Waals surface area contributed by atoms with Crippen molar-refractivity contribution >= 4 is 0 Å². The normalized spacial score (nSPS) is 18.2. The van der Waals surface area contributed by atoms with Gasteiger partial charge in [-0.3, -0.25) is 0 Å². The summed E-state index contributed by atoms with van der Waals surface area (Å²) in [5.41, 5.74) is 0. The van der Waals surface area contributed by atoms with Crippen LogP contribution in [0.3, 0.4) is 0 Å². The molecule has 0 heteroatoms. The van der Waals surface area contributed by atoms with Crippen LogP contribution in [0.25, 0.3) is 0 Å². The molecule has 54 valence electrons. The summed E-state index contributed by atoms with van der Waals surface area (Å²) in [4.78, 5) is 0. The van der Waals surface area contributed by atoms with Gasteiger partial charge in [-0.2, -0.15) is 0 Å². The standard InChI is InChI=1S/C9H18/c1-5-7-9(4)8(3)6-2/h5,7-9H,6H2,1-4H3/b7-5-. The fourth-order valence-electron chi connectivity index (χ4n) is 0.865. The minimum absolute atomic E-state index is 0.750. The van der Waals surface area contributed by atoms with E-state index in [1.165, 1.54) is 6.42 Å². The van der Waals surface area contributed by atoms with Gasteiger partial charge in [0.15, 0.2) is 0 Å². The topological polar surface area (TPSA) is 0 Å². The lowest BCUT2D eigenvalue weighted by atomic mass is 9.93. The van der Waals surface area contributed by atoms with Crippen LogP contribution in [0.2, 0.25) is 0 Å². The van der Waals surface area contributed by atoms with Crippen LogP contribution >= 0.6 is 0 Å². The molecule has 9 heavy (non-hydrogen) atoms. The van der Waals surface area contributed by atoms with Gasteiger partial charge < -0.3 is 0 Å². The summed E-state index contributed by atoms with van der Waals surface area (Å²) in [6.07, 6.45) is 5.69. The lowest BCUT2D eigenvalue weighted by Crippen LogP contribution is -2.02. The van der Waals surface area contributed by atoms with E-state index in [4.69, 9.17) is 0 Å². The molecular formula is C9H18. The van der Waals surface area contributed by atoms with Gasteiger partial charge in [0.05, 0.1) is 0 Å². The minimum Gasteiger partial charge on any atom is -0.0914 e. The van der Waals surface area contributed by atoms with Crippen LogP contribution in [0.1, 0.15) is 34.1 Å². The summed E-state index contributed by atoms with van der Waals surface area (Å²) >= 11 is 0. The molecule has 0 N–H and O–H groups in total. The monoisotopic (exact) mass is 126 g/mol. The average Bonchev–Trinajstić information content (AvgIpc) is 1.87. The first-order valence-electron chi connectivity index (χ1n) is 3.85. The first-order valence-corrected chi connectivity index (χ1v) is 3.85. The molecule has 0 aromatic carbocycles. The molecule has 0 fully saturated rings. The second-order valence-electron chi connectivity index (χ2n) is 2.77. The number of rotatable bonds is 3. The Morgan fingerprint density at radius 1 is 1.33 bits per heavy atom. The molecule has 0 amide bonds. The SMILES string of the molecule is C/C=C\C(C)C(C)CC. The van der Waals surface area contributed by atoms with Crippen molar-refractivity contribution in [2.45, 2.75) is 34.1 Å². The highest BCUT2D eigenvalue weighted by Gasteiger charge is 2.04. The quantitative estimate of drug-likeness (QED) is 0.509. The summed E-state index contributed by atoms with van der Waals surface area (Å²) in [5, 5.41) is 0. The molecule has 0 saturated carbocycles. The van der Waals surface area contributed by atoms with Crippen molar-refractivity contribution < 1.29 is 0 Å². The highest BCUT2D eigenvalue weighted by atomic mass is 14.1. The van der Waals surface area contributed by atoms with E-state index >= 15 is 0 Å². The number of hydrogen-bond acceptors (Lipinski definition) is 0. The van der Waals surface area contributed by atoms with Crippen molar-refractivity contribution in [2.75, 3.05) is 0 Å². The summed E-state index contributed by atoms with van der Waals surface area (Å²) in [6.45, 7) is 8.89. The minimum atomic E-state index is 0.750. The fourth-order valence-corrected chi connectivity index (χ4v) is 0.865. The van der Waals surface area contributed by atoms with Gasteiger partial charge in [-0.05, 0) is 18.8 Å². The van der Waals surface area contributed by atoms with E-state index in [-0.39, 0.29) is 0 Å². The molecule has 0 spiro atoms. The highest BCUT2D eigenvalue weighted by Crippen LogP contribution is 2.14. The maximum Gasteiger partial charge on any atom is -0.0236 e. The van der Waals surface area contributed by atoms with Crippen LogP contribution in [-0.4, -0.2) is 0 Å². The molecule has 2 unspecified atom stereocenters. The Hall–Kier alpha value is -0.260. The van der Waals surface area contributed by atoms with Gasteiger partial charge in [0.2, 0.25) is 0 Å². The lowest BCUT2D eigenvalue weighted by Gasteiger charge is -2.12. The summed E-state index contributed by atoms with van der Waals surface area (Å²) in [6, 6.07) is 0. The Balaban J connectivity index is 3.58. The molecular weight excluding hydrogens is 108 g/mol. The number of hydrogen-bond donors (Lipinski definition) is 0. The van der Waals surface area contributed by atoms with Crippen molar-refractivity contribution in [3.05, 3.63) is 12.2 Å². The Kier molecular flexibility index (Phi) is 4.47. The molecule has 0 aliphatic rings. The predicted molar refractivity (Wildman–Crippen MR) is 43.4 cm³/mol. The molecule has 0 aromatic rings. The van der Waals surface area contributed by atoms with Crippen molar-refractivity contribution in [2.24, 2.45) is 11.8 Å². The van der Waals surface area contributed by atoms with Gasteiger partial charge >= 0.3 is 0 Å². The zero-order chi connectivity index (χ0) is 7.28. The molecule has 0 nitrogen and oxygen atoms in total. The van der Waals surface area contributed by atoms with Crippen LogP contribution < -0.4 is 0 Å². The average molecular weight is 126 g/mol. The van der Waals surface area contributed by atoms with E-state index in [0.717, 1.165) is 11.8 Å². The molecule has 0 radical (unpaired) electrons. The number of allylic oxidation sites excluding steroid dienone is 2. The maximum absolute atomic E-state index is 2.30. The Morgan fingerprint density at radius 3 is 2.22 bits per heavy atom. The third kappa shape index (κ3) is 3.34. The summed E-state index contributed by atoms with van der Waals surface area (Å²) < 4.78 is 0. The molecule has 0 aromatic heterocycles. The van der Waals surface area contributed by atoms with Crippen LogP contribution in [0.4, 0.5) is 0 Å². The van der Waals surface area contributed by atoms with E-state index < -0.39 is 0 Å². The summed E-state index contributed by atoms with van der Waals surface area (Å²) in [7, 11) is 0. The van der Waals surface area contributed by atoms with Crippen molar-refractivity contribution in [1.82, 2.24) is 0 Å². The Morgan fingerprint density at radius 2 is 1.89 bits per heavy atom. The van der Waals surface area contributed by atoms with E-state index in [1.807, 2.05) is 0 Å². The zero-order valence-electron chi connectivity index (χ0n) is 7.02. The zero-order valence-corrected chi connectivity index (χ0v) is 7.02. The third-order valence-electron chi connectivity index (χ3n) is 2.04. The van der Waals surface area contributed by atoms with Crippen LogP contribution in [0, 0.1) is 11.8 Å². The molecule has 0 heterocycles. The van der Waals surface area contributed by atoms with E-state index in [0.29, 0.717) is 0 Å². The summed E-state index contributed by atoms with van der Waals surface area (Å²) in [5.74, 6) is 1.58. The lowest BCUT2D eigenvalue weighted by molar-refractivity contribution is 0.446. The molecule has 0 bridgehead atoms. The fraction of sp³-hybridized carbons (Fsp3) is 0.778. The highest BCUT2D eigenvalue weighted by molar-refractivity contribution is 4.84. The molecule has 0 aliphatic heterocycles. The molecule has 0 aliphatic carbocycles. The third-order valence-corrected chi connectivity index (χ3v) is 2.04. The van der Waals surface area contributed by atoms with Crippen molar-refractivity contribution in [3.63, 3.8) is 0 Å². The van der Waals surface area contributed by atoms with E-state index in [2.05, 4.69) is 39.8 Å². The van der Waals surface area contributed by atoms with Crippen LogP contribution in [0.5, 0.6) is 0 Å². The van der Waals surface area contributed by atoms with Crippen molar-refractivity contribution in [3.8, 4) is 0 Å². The van der Waals surface area contributed by atoms with Gasteiger partial charge in [0, 0.05) is 0 Å². The first-order chi connectivity index (χ1) is 4.22. The van der Waals surface area contributed by atoms with Crippen LogP contribution in [-0.2, 0) is 0 Å². The van der Waals surface area contributed by atoms with Gasteiger partial charge in [-0.25, -0.2) is 0 Å². The predicted octanol–water partition coefficient (Wildman–Crippen LogP) is 3.24. The second kappa shape index (κ2) is 4.60. The van der Waals surface area contributed by atoms with Crippen molar-refractivity contribution in [1.29, 1.82) is 0 Å². The first kappa shape index (κ1) is 8.74. The van der Waals surface area contributed by atoms with Gasteiger partial charge in [-0.1, -0.05) is 39.3 Å². The van der Waals surface area contributed by atoms with E-state index in [9.17, 15) is 0 Å². The second-order valence-corrected chi connectivity index (χ2v) is 2.77. The van der Waals surface area contributed by atoms with E-state index in [1.54, 1.807) is 0 Å². The largest absolute Gasteiger partial charge is 0.0914 e. The molecule has 0 rings (SSSR count). The maximum atomic E-state index is 2.30.